The van der Waals surface area contributed by atoms with Gasteiger partial charge in [0, 0.05) is 5.69 Å². The lowest BCUT2D eigenvalue weighted by Crippen LogP contribution is -2.48. The lowest BCUT2D eigenvalue weighted by molar-refractivity contribution is -0.00519. The Labute approximate surface area is 119 Å². The first kappa shape index (κ1) is 12.2. The highest BCUT2D eigenvalue weighted by molar-refractivity contribution is 5.89. The fourth-order valence-electron chi connectivity index (χ4n) is 5.55. The first-order valence-corrected chi connectivity index (χ1v) is 7.68. The molecular weight excluding hydrogens is 250 g/mol. The van der Waals surface area contributed by atoms with Crippen molar-refractivity contribution < 1.29 is 9.90 Å². The topological polar surface area (TPSA) is 63.3 Å². The van der Waals surface area contributed by atoms with E-state index in [4.69, 9.17) is 5.73 Å². The number of benzene rings is 1. The van der Waals surface area contributed by atoms with Crippen LogP contribution in [0.5, 0.6) is 0 Å². The van der Waals surface area contributed by atoms with Gasteiger partial charge in [0.1, 0.15) is 0 Å². The molecule has 3 N–H and O–H groups in total. The second kappa shape index (κ2) is 4.00. The van der Waals surface area contributed by atoms with Crippen LogP contribution in [0.25, 0.3) is 0 Å². The highest BCUT2D eigenvalue weighted by Gasteiger charge is 2.51. The van der Waals surface area contributed by atoms with E-state index in [0.29, 0.717) is 11.3 Å². The van der Waals surface area contributed by atoms with Crippen molar-refractivity contribution >= 4 is 11.7 Å². The molecule has 0 aliphatic heterocycles. The Morgan fingerprint density at radius 2 is 1.60 bits per heavy atom. The van der Waals surface area contributed by atoms with E-state index in [1.54, 1.807) is 6.07 Å². The number of hydrogen-bond donors (Lipinski definition) is 2. The summed E-state index contributed by atoms with van der Waals surface area (Å²) in [5.74, 6) is 1.70. The molecule has 20 heavy (non-hydrogen) atoms. The van der Waals surface area contributed by atoms with Gasteiger partial charge in [-0.05, 0) is 85.5 Å². The SMILES string of the molecule is Nc1cc(C(=O)O)cc(C23CC4CC(CC(C4)C2)C3)c1. The summed E-state index contributed by atoms with van der Waals surface area (Å²) in [6, 6.07) is 5.48. The van der Waals surface area contributed by atoms with Crippen LogP contribution in [0, 0.1) is 17.8 Å². The maximum Gasteiger partial charge on any atom is 0.335 e. The van der Waals surface area contributed by atoms with Gasteiger partial charge in [-0.25, -0.2) is 4.79 Å². The molecule has 1 aromatic rings. The maximum atomic E-state index is 11.3. The maximum absolute atomic E-state index is 11.3. The van der Waals surface area contributed by atoms with Gasteiger partial charge in [0.25, 0.3) is 0 Å². The van der Waals surface area contributed by atoms with Crippen LogP contribution in [-0.2, 0) is 5.41 Å². The minimum absolute atomic E-state index is 0.217. The predicted molar refractivity (Wildman–Crippen MR) is 77.7 cm³/mol. The fraction of sp³-hybridized carbons (Fsp3) is 0.588. The number of aromatic carboxylic acids is 1. The second-order valence-electron chi connectivity index (χ2n) is 7.35. The molecule has 0 unspecified atom stereocenters. The summed E-state index contributed by atoms with van der Waals surface area (Å²) < 4.78 is 0. The molecule has 5 rings (SSSR count). The molecule has 3 heteroatoms. The molecule has 1 aromatic carbocycles. The molecule has 0 amide bonds. The Morgan fingerprint density at radius 1 is 1.05 bits per heavy atom. The first-order chi connectivity index (χ1) is 9.54. The van der Waals surface area contributed by atoms with E-state index < -0.39 is 5.97 Å². The molecule has 0 spiro atoms. The van der Waals surface area contributed by atoms with E-state index in [0.717, 1.165) is 17.8 Å². The van der Waals surface area contributed by atoms with Gasteiger partial charge in [-0.2, -0.15) is 0 Å². The van der Waals surface area contributed by atoms with Crippen LogP contribution in [-0.4, -0.2) is 11.1 Å². The molecule has 4 aliphatic carbocycles. The number of hydrogen-bond acceptors (Lipinski definition) is 2. The van der Waals surface area contributed by atoms with Crippen LogP contribution in [0.15, 0.2) is 18.2 Å². The molecule has 4 bridgehead atoms. The zero-order valence-corrected chi connectivity index (χ0v) is 11.6. The summed E-state index contributed by atoms with van der Waals surface area (Å²) in [4.78, 5) is 11.3. The van der Waals surface area contributed by atoms with Crippen molar-refractivity contribution in [1.29, 1.82) is 0 Å². The van der Waals surface area contributed by atoms with Crippen molar-refractivity contribution in [1.82, 2.24) is 0 Å². The largest absolute Gasteiger partial charge is 0.478 e. The molecular formula is C17H21NO2. The molecule has 4 saturated carbocycles. The molecule has 0 heterocycles. The standard InChI is InChI=1S/C17H21NO2/c18-15-5-13(16(19)20)4-14(6-15)17-7-10-1-11(8-17)3-12(2-10)9-17/h4-6,10-12H,1-3,7-9,18H2,(H,19,20). The lowest BCUT2D eigenvalue weighted by Gasteiger charge is -2.57. The second-order valence-corrected chi connectivity index (χ2v) is 7.35. The van der Waals surface area contributed by atoms with Crippen molar-refractivity contribution in [2.75, 3.05) is 5.73 Å². The van der Waals surface area contributed by atoms with E-state index in [2.05, 4.69) is 0 Å². The molecule has 0 aromatic heterocycles. The quantitative estimate of drug-likeness (QED) is 0.810. The molecule has 0 saturated heterocycles. The van der Waals surface area contributed by atoms with E-state index in [1.165, 1.54) is 44.1 Å². The smallest absolute Gasteiger partial charge is 0.335 e. The van der Waals surface area contributed by atoms with Gasteiger partial charge >= 0.3 is 5.97 Å². The summed E-state index contributed by atoms with van der Waals surface area (Å²) in [6.45, 7) is 0. The predicted octanol–water partition coefficient (Wildman–Crippen LogP) is 3.43. The van der Waals surface area contributed by atoms with Crippen LogP contribution in [0.3, 0.4) is 0 Å². The van der Waals surface area contributed by atoms with Gasteiger partial charge < -0.3 is 10.8 Å². The minimum Gasteiger partial charge on any atom is -0.478 e. The number of rotatable bonds is 2. The normalized spacial score (nSPS) is 38.1. The fourth-order valence-corrected chi connectivity index (χ4v) is 5.55. The Bertz CT molecular complexity index is 543. The van der Waals surface area contributed by atoms with Crippen LogP contribution < -0.4 is 5.73 Å². The number of nitrogens with two attached hydrogens (primary N) is 1. The number of carboxylic acid groups (broad SMARTS) is 1. The van der Waals surface area contributed by atoms with E-state index in [-0.39, 0.29) is 5.41 Å². The molecule has 0 atom stereocenters. The zero-order valence-electron chi connectivity index (χ0n) is 11.6. The Morgan fingerprint density at radius 3 is 2.10 bits per heavy atom. The third-order valence-corrected chi connectivity index (χ3v) is 5.85. The summed E-state index contributed by atoms with van der Waals surface area (Å²) in [7, 11) is 0. The van der Waals surface area contributed by atoms with E-state index >= 15 is 0 Å². The van der Waals surface area contributed by atoms with Crippen molar-refractivity contribution in [2.45, 2.75) is 43.9 Å². The number of carbonyl (C=O) groups is 1. The van der Waals surface area contributed by atoms with E-state index in [1.807, 2.05) is 12.1 Å². The average Bonchev–Trinajstić information content (AvgIpc) is 2.36. The molecule has 4 aliphatic rings. The zero-order chi connectivity index (χ0) is 13.9. The third-order valence-electron chi connectivity index (χ3n) is 5.85. The van der Waals surface area contributed by atoms with Gasteiger partial charge in [-0.1, -0.05) is 0 Å². The van der Waals surface area contributed by atoms with Crippen molar-refractivity contribution in [3.05, 3.63) is 29.3 Å². The van der Waals surface area contributed by atoms with Gasteiger partial charge in [0.15, 0.2) is 0 Å². The van der Waals surface area contributed by atoms with Crippen LogP contribution in [0.1, 0.15) is 54.4 Å². The highest BCUT2D eigenvalue weighted by atomic mass is 16.4. The molecule has 106 valence electrons. The van der Waals surface area contributed by atoms with Crippen molar-refractivity contribution in [2.24, 2.45) is 17.8 Å². The van der Waals surface area contributed by atoms with Gasteiger partial charge in [-0.3, -0.25) is 0 Å². The lowest BCUT2D eigenvalue weighted by atomic mass is 9.48. The summed E-state index contributed by atoms with van der Waals surface area (Å²) >= 11 is 0. The number of anilines is 1. The Balaban J connectivity index is 1.78. The van der Waals surface area contributed by atoms with Crippen LogP contribution in [0.2, 0.25) is 0 Å². The summed E-state index contributed by atoms with van der Waals surface area (Å²) in [6.07, 6.45) is 7.90. The molecule has 0 radical (unpaired) electrons. The van der Waals surface area contributed by atoms with E-state index in [9.17, 15) is 9.90 Å². The average molecular weight is 271 g/mol. The summed E-state index contributed by atoms with van der Waals surface area (Å²) in [5, 5.41) is 9.26. The third kappa shape index (κ3) is 1.75. The number of carboxylic acids is 1. The van der Waals surface area contributed by atoms with Gasteiger partial charge in [0.2, 0.25) is 0 Å². The van der Waals surface area contributed by atoms with Gasteiger partial charge in [0.05, 0.1) is 5.56 Å². The van der Waals surface area contributed by atoms with Gasteiger partial charge in [-0.15, -0.1) is 0 Å². The summed E-state index contributed by atoms with van der Waals surface area (Å²) in [5.41, 5.74) is 8.29. The highest BCUT2D eigenvalue weighted by Crippen LogP contribution is 2.60. The monoisotopic (exact) mass is 271 g/mol. The molecule has 3 nitrogen and oxygen atoms in total. The number of nitrogen functional groups attached to an aromatic ring is 1. The van der Waals surface area contributed by atoms with Crippen molar-refractivity contribution in [3.8, 4) is 0 Å². The van der Waals surface area contributed by atoms with Crippen LogP contribution >= 0.6 is 0 Å². The molecule has 4 fully saturated rings. The minimum atomic E-state index is -0.872. The van der Waals surface area contributed by atoms with Crippen LogP contribution in [0.4, 0.5) is 5.69 Å². The Kier molecular flexibility index (Phi) is 2.45. The van der Waals surface area contributed by atoms with Crippen molar-refractivity contribution in [3.63, 3.8) is 0 Å². The Hall–Kier alpha value is -1.51. The first-order valence-electron chi connectivity index (χ1n) is 7.68.